The summed E-state index contributed by atoms with van der Waals surface area (Å²) in [4.78, 5) is 11.8. The number of nitrogens with zero attached hydrogens (tertiary/aromatic N) is 1. The Morgan fingerprint density at radius 2 is 2.05 bits per heavy atom. The summed E-state index contributed by atoms with van der Waals surface area (Å²) in [7, 11) is -3.81. The smallest absolute Gasteiger partial charge is 0.261 e. The zero-order chi connectivity index (χ0) is 15.3. The Morgan fingerprint density at radius 3 is 2.71 bits per heavy atom. The molecule has 1 fully saturated rings. The number of benzene rings is 1. The summed E-state index contributed by atoms with van der Waals surface area (Å²) in [5.74, 6) is -0.409. The second kappa shape index (κ2) is 6.87. The molecule has 0 bridgehead atoms. The first kappa shape index (κ1) is 15.7. The highest BCUT2D eigenvalue weighted by Crippen LogP contribution is 2.24. The summed E-state index contributed by atoms with van der Waals surface area (Å²) in [6, 6.07) is 9.08. The maximum absolute atomic E-state index is 12.3. The maximum atomic E-state index is 12.3. The van der Waals surface area contributed by atoms with Crippen molar-refractivity contribution in [1.29, 1.82) is 0 Å². The summed E-state index contributed by atoms with van der Waals surface area (Å²) < 4.78 is 31.0. The van der Waals surface area contributed by atoms with Crippen molar-refractivity contribution >= 4 is 22.0 Å². The molecule has 1 aromatic rings. The third-order valence-corrected chi connectivity index (χ3v) is 4.60. The fourth-order valence-corrected chi connectivity index (χ4v) is 3.47. The van der Waals surface area contributed by atoms with E-state index in [1.165, 1.54) is 6.08 Å². The highest BCUT2D eigenvalue weighted by molar-refractivity contribution is 7.92. The van der Waals surface area contributed by atoms with E-state index in [1.54, 1.807) is 12.1 Å². The second-order valence-corrected chi connectivity index (χ2v) is 6.51. The molecule has 21 heavy (non-hydrogen) atoms. The van der Waals surface area contributed by atoms with Gasteiger partial charge in [-0.05, 0) is 18.1 Å². The molecule has 0 N–H and O–H groups in total. The number of sulfonamides is 1. The fourth-order valence-electron chi connectivity index (χ4n) is 2.14. The minimum Gasteiger partial charge on any atom is -0.357 e. The van der Waals surface area contributed by atoms with Crippen LogP contribution in [0, 0.1) is 0 Å². The van der Waals surface area contributed by atoms with Crippen molar-refractivity contribution in [2.45, 2.75) is 32.4 Å². The van der Waals surface area contributed by atoms with Crippen molar-refractivity contribution in [3.8, 4) is 0 Å². The Hall–Kier alpha value is -1.66. The zero-order valence-electron chi connectivity index (χ0n) is 11.9. The van der Waals surface area contributed by atoms with E-state index in [9.17, 15) is 13.2 Å². The summed E-state index contributed by atoms with van der Waals surface area (Å²) >= 11 is 0. The van der Waals surface area contributed by atoms with Gasteiger partial charge in [0.2, 0.25) is 5.91 Å². The van der Waals surface area contributed by atoms with E-state index < -0.39 is 22.2 Å². The van der Waals surface area contributed by atoms with Crippen LogP contribution >= 0.6 is 0 Å². The van der Waals surface area contributed by atoms with Gasteiger partial charge in [-0.15, -0.1) is 0 Å². The Morgan fingerprint density at radius 1 is 1.33 bits per heavy atom. The van der Waals surface area contributed by atoms with Gasteiger partial charge in [-0.25, -0.2) is 12.7 Å². The summed E-state index contributed by atoms with van der Waals surface area (Å²) in [5.41, 5.74) is 0.763. The molecule has 1 aliphatic heterocycles. The molecule has 0 radical (unpaired) electrons. The molecule has 1 amide bonds. The average Bonchev–Trinajstić information content (AvgIpc) is 2.86. The number of carbonyl (C=O) groups excluding carboxylic acids is 1. The van der Waals surface area contributed by atoms with Gasteiger partial charge in [0.25, 0.3) is 10.0 Å². The Labute approximate surface area is 125 Å². The lowest BCUT2D eigenvalue weighted by molar-refractivity contribution is -0.128. The van der Waals surface area contributed by atoms with E-state index in [-0.39, 0.29) is 6.42 Å². The van der Waals surface area contributed by atoms with Gasteiger partial charge in [-0.2, -0.15) is 0 Å². The molecule has 0 saturated carbocycles. The van der Waals surface area contributed by atoms with Crippen LogP contribution in [0.4, 0.5) is 0 Å². The third-order valence-electron chi connectivity index (χ3n) is 3.13. The van der Waals surface area contributed by atoms with Gasteiger partial charge in [0, 0.05) is 19.4 Å². The van der Waals surface area contributed by atoms with Gasteiger partial charge in [0.15, 0.2) is 0 Å². The van der Waals surface area contributed by atoms with Crippen LogP contribution in [-0.2, 0) is 19.6 Å². The molecule has 6 heteroatoms. The summed E-state index contributed by atoms with van der Waals surface area (Å²) in [6.45, 7) is 2.37. The Balaban J connectivity index is 2.17. The molecule has 1 aromatic carbocycles. The first-order chi connectivity index (χ1) is 10.0. The third kappa shape index (κ3) is 3.92. The van der Waals surface area contributed by atoms with Crippen LogP contribution in [0.1, 0.15) is 31.7 Å². The lowest BCUT2D eigenvalue weighted by atomic mass is 10.2. The van der Waals surface area contributed by atoms with Crippen LogP contribution in [0.2, 0.25) is 0 Å². The van der Waals surface area contributed by atoms with Crippen molar-refractivity contribution in [2.24, 2.45) is 0 Å². The number of rotatable bonds is 6. The molecule has 0 aliphatic carbocycles. The van der Waals surface area contributed by atoms with Crippen LogP contribution in [0.3, 0.4) is 0 Å². The molecular weight excluding hydrogens is 290 g/mol. The molecule has 0 spiro atoms. The monoisotopic (exact) mass is 309 g/mol. The number of hydrogen-bond donors (Lipinski definition) is 0. The quantitative estimate of drug-likeness (QED) is 0.809. The van der Waals surface area contributed by atoms with Crippen molar-refractivity contribution in [1.82, 2.24) is 4.31 Å². The second-order valence-electron chi connectivity index (χ2n) is 4.81. The number of ether oxygens (including phenoxy) is 1. The average molecular weight is 309 g/mol. The van der Waals surface area contributed by atoms with E-state index in [0.717, 1.165) is 21.7 Å². The minimum atomic E-state index is -3.81. The number of hydrogen-bond acceptors (Lipinski definition) is 4. The van der Waals surface area contributed by atoms with Crippen molar-refractivity contribution in [3.63, 3.8) is 0 Å². The van der Waals surface area contributed by atoms with Crippen LogP contribution in [0.25, 0.3) is 6.08 Å². The summed E-state index contributed by atoms with van der Waals surface area (Å²) in [5, 5.41) is 1.06. The molecule has 1 aliphatic rings. The SMILES string of the molecule is CCCOC1CCC(=O)N1S(=O)(=O)/C=C/c1ccccc1. The lowest BCUT2D eigenvalue weighted by Gasteiger charge is -2.22. The highest BCUT2D eigenvalue weighted by atomic mass is 32.2. The Kier molecular flexibility index (Phi) is 5.14. The summed E-state index contributed by atoms with van der Waals surface area (Å²) in [6.07, 6.45) is 2.20. The lowest BCUT2D eigenvalue weighted by Crippen LogP contribution is -2.39. The largest absolute Gasteiger partial charge is 0.357 e. The molecule has 1 saturated heterocycles. The van der Waals surface area contributed by atoms with Gasteiger partial charge >= 0.3 is 0 Å². The van der Waals surface area contributed by atoms with Crippen LogP contribution in [-0.4, -0.2) is 31.5 Å². The molecule has 1 atom stereocenters. The maximum Gasteiger partial charge on any atom is 0.261 e. The topological polar surface area (TPSA) is 63.7 Å². The molecule has 1 heterocycles. The van der Waals surface area contributed by atoms with Crippen molar-refractivity contribution in [3.05, 3.63) is 41.3 Å². The van der Waals surface area contributed by atoms with Crippen LogP contribution in [0.15, 0.2) is 35.7 Å². The van der Waals surface area contributed by atoms with E-state index in [1.807, 2.05) is 25.1 Å². The molecular formula is C15H19NO4S. The van der Waals surface area contributed by atoms with E-state index in [2.05, 4.69) is 0 Å². The van der Waals surface area contributed by atoms with E-state index >= 15 is 0 Å². The first-order valence-corrected chi connectivity index (χ1v) is 8.47. The molecule has 5 nitrogen and oxygen atoms in total. The number of amides is 1. The van der Waals surface area contributed by atoms with E-state index in [4.69, 9.17) is 4.74 Å². The Bertz CT molecular complexity index is 610. The van der Waals surface area contributed by atoms with Gasteiger partial charge in [0.05, 0.1) is 5.41 Å². The molecule has 1 unspecified atom stereocenters. The van der Waals surface area contributed by atoms with Crippen LogP contribution in [0.5, 0.6) is 0 Å². The van der Waals surface area contributed by atoms with E-state index in [0.29, 0.717) is 13.0 Å². The normalized spacial score (nSPS) is 19.6. The minimum absolute atomic E-state index is 0.201. The molecule has 0 aromatic heterocycles. The van der Waals surface area contributed by atoms with Crippen molar-refractivity contribution in [2.75, 3.05) is 6.61 Å². The predicted molar refractivity (Wildman–Crippen MR) is 80.5 cm³/mol. The standard InChI is InChI=1S/C15H19NO4S/c1-2-11-20-15-9-8-14(17)16(15)21(18,19)12-10-13-6-4-3-5-7-13/h3-7,10,12,15H,2,8-9,11H2,1H3/b12-10+. The van der Waals surface area contributed by atoms with Gasteiger partial charge in [-0.3, -0.25) is 4.79 Å². The number of carbonyl (C=O) groups is 1. The highest BCUT2D eigenvalue weighted by Gasteiger charge is 2.39. The fraction of sp³-hybridized carbons (Fsp3) is 0.400. The molecule has 2 rings (SSSR count). The predicted octanol–water partition coefficient (Wildman–Crippen LogP) is 2.36. The van der Waals surface area contributed by atoms with Gasteiger partial charge in [-0.1, -0.05) is 37.3 Å². The van der Waals surface area contributed by atoms with Gasteiger partial charge < -0.3 is 4.74 Å². The van der Waals surface area contributed by atoms with Gasteiger partial charge in [0.1, 0.15) is 6.23 Å². The van der Waals surface area contributed by atoms with Crippen LogP contribution < -0.4 is 0 Å². The zero-order valence-corrected chi connectivity index (χ0v) is 12.8. The van der Waals surface area contributed by atoms with Crippen molar-refractivity contribution < 1.29 is 17.9 Å². The first-order valence-electron chi connectivity index (χ1n) is 6.96. The molecule has 114 valence electrons.